The number of hydrogen-bond donors (Lipinski definition) is 1. The number of carbonyl (C=O) groups excluding carboxylic acids is 1. The molecule has 2 aromatic carbocycles. The topological polar surface area (TPSA) is 95.7 Å². The molecule has 12 heteroatoms. The highest BCUT2D eigenvalue weighted by atomic mass is 32.2. The van der Waals surface area contributed by atoms with E-state index in [9.17, 15) is 22.0 Å². The molecule has 0 unspecified atom stereocenters. The molecule has 0 aliphatic carbocycles. The highest BCUT2D eigenvalue weighted by molar-refractivity contribution is 7.90. The standard InChI is InChI=1S/C17H16B3F2NO5S/c18-16(11-8-10(21)6-7-12(11)22)14(24)13(15(23)27-16)28-29(25,26)17(19,20)9-4-2-1-3-5-9/h1-8H,18-20,23H2/t16-/m0/s1. The molecular weight excluding hydrogens is 401 g/mol. The lowest BCUT2D eigenvalue weighted by Gasteiger charge is -2.26. The van der Waals surface area contributed by atoms with Crippen LogP contribution in [0.1, 0.15) is 11.1 Å². The third-order valence-electron chi connectivity index (χ3n) is 4.91. The molecule has 0 radical (unpaired) electrons. The molecule has 0 amide bonds. The molecule has 148 valence electrons. The van der Waals surface area contributed by atoms with Gasteiger partial charge in [-0.15, -0.1) is 0 Å². The van der Waals surface area contributed by atoms with Crippen LogP contribution >= 0.6 is 0 Å². The zero-order valence-corrected chi connectivity index (χ0v) is 16.7. The summed E-state index contributed by atoms with van der Waals surface area (Å²) in [5.41, 5.74) is 3.61. The maximum absolute atomic E-state index is 14.2. The maximum Gasteiger partial charge on any atom is 0.304 e. The highest BCUT2D eigenvalue weighted by Gasteiger charge is 2.52. The normalized spacial score (nSPS) is 19.9. The van der Waals surface area contributed by atoms with E-state index in [1.807, 2.05) is 0 Å². The fourth-order valence-electron chi connectivity index (χ4n) is 2.96. The van der Waals surface area contributed by atoms with Gasteiger partial charge in [0.05, 0.1) is 4.55 Å². The van der Waals surface area contributed by atoms with E-state index in [0.29, 0.717) is 5.56 Å². The molecule has 1 aliphatic heterocycles. The van der Waals surface area contributed by atoms with Gasteiger partial charge in [0.15, 0.2) is 13.3 Å². The lowest BCUT2D eigenvalue weighted by Crippen LogP contribution is -2.40. The van der Waals surface area contributed by atoms with Gasteiger partial charge in [-0.25, -0.2) is 8.78 Å². The molecule has 1 aliphatic rings. The van der Waals surface area contributed by atoms with Crippen molar-refractivity contribution >= 4 is 39.4 Å². The average molecular weight is 417 g/mol. The van der Waals surface area contributed by atoms with Gasteiger partial charge in [0.1, 0.15) is 27.3 Å². The van der Waals surface area contributed by atoms with Gasteiger partial charge in [-0.1, -0.05) is 30.3 Å². The number of rotatable bonds is 5. The minimum Gasteiger partial charge on any atom is -0.467 e. The average Bonchev–Trinajstić information content (AvgIpc) is 2.88. The Labute approximate surface area is 169 Å². The van der Waals surface area contributed by atoms with Crippen LogP contribution in [-0.4, -0.2) is 37.7 Å². The molecule has 1 atom stereocenters. The summed E-state index contributed by atoms with van der Waals surface area (Å²) >= 11 is 0. The first kappa shape index (κ1) is 21.0. The Kier molecular flexibility index (Phi) is 5.02. The molecule has 0 bridgehead atoms. The second kappa shape index (κ2) is 6.94. The summed E-state index contributed by atoms with van der Waals surface area (Å²) < 4.78 is 62.5. The summed E-state index contributed by atoms with van der Waals surface area (Å²) in [7, 11) is -0.455. The third kappa shape index (κ3) is 3.41. The molecule has 0 spiro atoms. The van der Waals surface area contributed by atoms with Crippen molar-refractivity contribution in [1.82, 2.24) is 0 Å². The molecule has 6 nitrogen and oxygen atoms in total. The largest absolute Gasteiger partial charge is 0.467 e. The van der Waals surface area contributed by atoms with Gasteiger partial charge in [-0.2, -0.15) is 8.42 Å². The maximum atomic E-state index is 14.2. The Bertz CT molecular complexity index is 1130. The van der Waals surface area contributed by atoms with E-state index in [0.717, 1.165) is 26.0 Å². The molecule has 29 heavy (non-hydrogen) atoms. The Morgan fingerprint density at radius 3 is 2.34 bits per heavy atom. The second-order valence-corrected chi connectivity index (χ2v) is 9.29. The number of benzene rings is 2. The van der Waals surface area contributed by atoms with Crippen LogP contribution in [0, 0.1) is 11.6 Å². The monoisotopic (exact) mass is 417 g/mol. The van der Waals surface area contributed by atoms with Gasteiger partial charge in [0.25, 0.3) is 0 Å². The Hall–Kier alpha value is -2.75. The van der Waals surface area contributed by atoms with Gasteiger partial charge in [0, 0.05) is 5.56 Å². The van der Waals surface area contributed by atoms with Gasteiger partial charge < -0.3 is 14.7 Å². The summed E-state index contributed by atoms with van der Waals surface area (Å²) in [4.78, 5) is 12.9. The first-order valence-corrected chi connectivity index (χ1v) is 9.99. The summed E-state index contributed by atoms with van der Waals surface area (Å²) in [5.74, 6) is -4.16. The fraction of sp³-hybridized carbons (Fsp3) is 0.118. The van der Waals surface area contributed by atoms with Crippen molar-refractivity contribution < 1.29 is 30.9 Å². The molecule has 0 saturated carbocycles. The highest BCUT2D eigenvalue weighted by Crippen LogP contribution is 2.39. The number of hydrogen-bond acceptors (Lipinski definition) is 6. The molecule has 0 aromatic heterocycles. The number of ether oxygens (including phenoxy) is 1. The Balaban J connectivity index is 1.97. The number of Topliss-reactive ketones (excluding diaryl/α,β-unsaturated/α-hetero) is 1. The van der Waals surface area contributed by atoms with Crippen LogP contribution in [0.3, 0.4) is 0 Å². The van der Waals surface area contributed by atoms with E-state index in [-0.39, 0.29) is 0 Å². The van der Waals surface area contributed by atoms with Crippen LogP contribution in [0.4, 0.5) is 8.78 Å². The van der Waals surface area contributed by atoms with Crippen LogP contribution in [0.2, 0.25) is 0 Å². The fourth-order valence-corrected chi connectivity index (χ4v) is 3.97. The molecule has 2 aromatic rings. The molecule has 0 saturated heterocycles. The third-order valence-corrected chi connectivity index (χ3v) is 6.78. The van der Waals surface area contributed by atoms with Gasteiger partial charge in [-0.05, 0) is 23.8 Å². The number of ketones is 1. The summed E-state index contributed by atoms with van der Waals surface area (Å²) in [6.07, 6.45) is 0. The number of halogens is 2. The van der Waals surface area contributed by atoms with E-state index < -0.39 is 54.8 Å². The minimum absolute atomic E-state index is 0.421. The van der Waals surface area contributed by atoms with Crippen molar-refractivity contribution in [3.63, 3.8) is 0 Å². The van der Waals surface area contributed by atoms with Gasteiger partial charge >= 0.3 is 10.1 Å². The van der Waals surface area contributed by atoms with Crippen molar-refractivity contribution in [3.8, 4) is 0 Å². The summed E-state index contributed by atoms with van der Waals surface area (Å²) in [5, 5.41) is 0. The van der Waals surface area contributed by atoms with Crippen molar-refractivity contribution in [2.24, 2.45) is 5.73 Å². The SMILES string of the molecule is BC(B)(c1ccccc1)S(=O)(=O)OC1=C(N)O[C@@](B)(c2cc(F)ccc2F)C1=O. The molecule has 1 heterocycles. The van der Waals surface area contributed by atoms with Crippen LogP contribution in [-0.2, 0) is 33.9 Å². The zero-order chi connectivity index (χ0) is 21.6. The zero-order valence-electron chi connectivity index (χ0n) is 15.9. The van der Waals surface area contributed by atoms with E-state index >= 15 is 0 Å². The minimum atomic E-state index is -4.42. The Morgan fingerprint density at radius 1 is 1.10 bits per heavy atom. The molecule has 3 rings (SSSR count). The quantitative estimate of drug-likeness (QED) is 0.491. The van der Waals surface area contributed by atoms with E-state index in [1.165, 1.54) is 15.7 Å². The van der Waals surface area contributed by atoms with E-state index in [1.54, 1.807) is 30.3 Å². The van der Waals surface area contributed by atoms with Crippen molar-refractivity contribution in [3.05, 3.63) is 82.9 Å². The number of nitrogens with two attached hydrogens (primary N) is 1. The van der Waals surface area contributed by atoms with Crippen LogP contribution < -0.4 is 5.73 Å². The lowest BCUT2D eigenvalue weighted by atomic mass is 9.65. The lowest BCUT2D eigenvalue weighted by molar-refractivity contribution is -0.126. The van der Waals surface area contributed by atoms with Crippen LogP contribution in [0.5, 0.6) is 0 Å². The van der Waals surface area contributed by atoms with Crippen LogP contribution in [0.25, 0.3) is 0 Å². The predicted octanol–water partition coefficient (Wildman–Crippen LogP) is -1.10. The molecule has 2 N–H and O–H groups in total. The summed E-state index contributed by atoms with van der Waals surface area (Å²) in [6, 6.07) is 10.7. The first-order valence-electron chi connectivity index (χ1n) is 8.59. The first-order chi connectivity index (χ1) is 13.4. The van der Waals surface area contributed by atoms with Crippen molar-refractivity contribution in [2.45, 2.75) is 10.0 Å². The molecular formula is C17H16B3F2NO5S. The predicted molar refractivity (Wildman–Crippen MR) is 109 cm³/mol. The van der Waals surface area contributed by atoms with E-state index in [2.05, 4.69) is 0 Å². The van der Waals surface area contributed by atoms with Crippen LogP contribution in [0.15, 0.2) is 60.2 Å². The van der Waals surface area contributed by atoms with Crippen molar-refractivity contribution in [2.75, 3.05) is 0 Å². The second-order valence-electron chi connectivity index (χ2n) is 7.20. The van der Waals surface area contributed by atoms with Gasteiger partial charge in [-0.3, -0.25) is 4.79 Å². The Morgan fingerprint density at radius 2 is 1.72 bits per heavy atom. The van der Waals surface area contributed by atoms with E-state index in [4.69, 9.17) is 14.7 Å². The van der Waals surface area contributed by atoms with Gasteiger partial charge in [0.2, 0.25) is 17.4 Å². The molecule has 0 fully saturated rings. The van der Waals surface area contributed by atoms with Crippen molar-refractivity contribution in [1.29, 1.82) is 0 Å². The number of carbonyl (C=O) groups is 1. The smallest absolute Gasteiger partial charge is 0.304 e. The summed E-state index contributed by atoms with van der Waals surface area (Å²) in [6.45, 7) is 0.